The highest BCUT2D eigenvalue weighted by Gasteiger charge is 2.21. The molecule has 0 spiro atoms. The van der Waals surface area contributed by atoms with Crippen LogP contribution in [-0.4, -0.2) is 67.4 Å². The predicted octanol–water partition coefficient (Wildman–Crippen LogP) is 2.50. The van der Waals surface area contributed by atoms with E-state index in [2.05, 4.69) is 27.4 Å². The van der Waals surface area contributed by atoms with E-state index in [4.69, 9.17) is 0 Å². The molecule has 1 saturated heterocycles. The van der Waals surface area contributed by atoms with Crippen LogP contribution in [-0.2, 0) is 16.0 Å². The molecule has 2 aliphatic rings. The number of hydrogen-bond donors (Lipinski definition) is 2. The van der Waals surface area contributed by atoms with E-state index < -0.39 is 0 Å². The first kappa shape index (κ1) is 21.8. The fourth-order valence-corrected chi connectivity index (χ4v) is 4.36. The number of nitrogens with one attached hydrogen (secondary N) is 2. The van der Waals surface area contributed by atoms with E-state index >= 15 is 0 Å². The van der Waals surface area contributed by atoms with E-state index in [0.717, 1.165) is 50.4 Å². The molecule has 1 aromatic carbocycles. The summed E-state index contributed by atoms with van der Waals surface area (Å²) in [6.45, 7) is 7.09. The molecule has 160 valence electrons. The van der Waals surface area contributed by atoms with Gasteiger partial charge in [-0.15, -0.1) is 0 Å². The molecule has 1 heterocycles. The maximum Gasteiger partial charge on any atom is 0.238 e. The predicted molar refractivity (Wildman–Crippen MR) is 117 cm³/mol. The molecule has 0 atom stereocenters. The third kappa shape index (κ3) is 7.12. The van der Waals surface area contributed by atoms with Crippen molar-refractivity contribution in [2.24, 2.45) is 5.92 Å². The van der Waals surface area contributed by atoms with Crippen LogP contribution in [0.25, 0.3) is 0 Å². The number of para-hydroxylation sites is 1. The molecular formula is C23H36N4O2. The summed E-state index contributed by atoms with van der Waals surface area (Å²) in [7, 11) is 0. The Morgan fingerprint density at radius 3 is 2.21 bits per heavy atom. The van der Waals surface area contributed by atoms with Crippen LogP contribution in [0.2, 0.25) is 0 Å². The first-order chi connectivity index (χ1) is 14.1. The number of benzene rings is 1. The fourth-order valence-electron chi connectivity index (χ4n) is 4.36. The Balaban J connectivity index is 1.33. The standard InChI is InChI=1S/C23H36N4O2/c1-2-20-10-6-7-11-21(20)25-23(29)18-27-14-12-26(13-15-27)17-22(28)24-16-19-8-4-3-5-9-19/h6-7,10-11,19H,2-5,8-9,12-18H2,1H3,(H,24,28)(H,25,29). The zero-order valence-electron chi connectivity index (χ0n) is 17.8. The molecule has 2 N–H and O–H groups in total. The molecule has 3 rings (SSSR count). The van der Waals surface area contributed by atoms with Crippen LogP contribution in [0.3, 0.4) is 0 Å². The molecule has 1 aliphatic carbocycles. The number of hydrogen-bond acceptors (Lipinski definition) is 4. The summed E-state index contributed by atoms with van der Waals surface area (Å²) in [6, 6.07) is 7.96. The lowest BCUT2D eigenvalue weighted by Gasteiger charge is -2.34. The van der Waals surface area contributed by atoms with E-state index in [1.807, 2.05) is 24.3 Å². The van der Waals surface area contributed by atoms with Gasteiger partial charge in [0.2, 0.25) is 11.8 Å². The SMILES string of the molecule is CCc1ccccc1NC(=O)CN1CCN(CC(=O)NCC2CCCCC2)CC1. The van der Waals surface area contributed by atoms with Gasteiger partial charge in [-0.1, -0.05) is 44.4 Å². The Hall–Kier alpha value is -1.92. The highest BCUT2D eigenvalue weighted by molar-refractivity contribution is 5.93. The molecule has 0 radical (unpaired) electrons. The Bertz CT molecular complexity index is 665. The largest absolute Gasteiger partial charge is 0.355 e. The highest BCUT2D eigenvalue weighted by Crippen LogP contribution is 2.22. The smallest absolute Gasteiger partial charge is 0.238 e. The number of rotatable bonds is 8. The molecule has 0 unspecified atom stereocenters. The molecule has 0 bridgehead atoms. The van der Waals surface area contributed by atoms with Crippen LogP contribution in [0, 0.1) is 5.92 Å². The number of nitrogens with zero attached hydrogens (tertiary/aromatic N) is 2. The summed E-state index contributed by atoms with van der Waals surface area (Å²) in [5, 5.41) is 6.16. The van der Waals surface area contributed by atoms with Crippen molar-refractivity contribution in [3.8, 4) is 0 Å². The summed E-state index contributed by atoms with van der Waals surface area (Å²) in [5.41, 5.74) is 2.07. The van der Waals surface area contributed by atoms with Crippen LogP contribution in [0.5, 0.6) is 0 Å². The minimum atomic E-state index is 0.0320. The Morgan fingerprint density at radius 1 is 0.931 bits per heavy atom. The Kier molecular flexibility index (Phi) is 8.50. The zero-order valence-corrected chi connectivity index (χ0v) is 17.8. The molecule has 1 saturated carbocycles. The number of aryl methyl sites for hydroxylation is 1. The molecular weight excluding hydrogens is 364 g/mol. The van der Waals surface area contributed by atoms with Crippen molar-refractivity contribution in [1.82, 2.24) is 15.1 Å². The van der Waals surface area contributed by atoms with Crippen LogP contribution in [0.15, 0.2) is 24.3 Å². The highest BCUT2D eigenvalue weighted by atomic mass is 16.2. The van der Waals surface area contributed by atoms with E-state index in [1.165, 1.54) is 32.1 Å². The second kappa shape index (κ2) is 11.3. The second-order valence-electron chi connectivity index (χ2n) is 8.42. The molecule has 6 heteroatoms. The van der Waals surface area contributed by atoms with Gasteiger partial charge in [0.1, 0.15) is 0 Å². The van der Waals surface area contributed by atoms with Crippen LogP contribution in [0.1, 0.15) is 44.6 Å². The number of anilines is 1. The van der Waals surface area contributed by atoms with E-state index in [0.29, 0.717) is 19.0 Å². The average molecular weight is 401 g/mol. The van der Waals surface area contributed by atoms with E-state index in [1.54, 1.807) is 0 Å². The summed E-state index contributed by atoms with van der Waals surface area (Å²) in [4.78, 5) is 29.0. The number of piperazine rings is 1. The van der Waals surface area contributed by atoms with Crippen molar-refractivity contribution in [1.29, 1.82) is 0 Å². The lowest BCUT2D eigenvalue weighted by Crippen LogP contribution is -2.51. The minimum absolute atomic E-state index is 0.0320. The van der Waals surface area contributed by atoms with E-state index in [-0.39, 0.29) is 11.8 Å². The van der Waals surface area contributed by atoms with Gasteiger partial charge in [-0.3, -0.25) is 19.4 Å². The molecule has 0 aromatic heterocycles. The minimum Gasteiger partial charge on any atom is -0.355 e. The molecule has 2 fully saturated rings. The van der Waals surface area contributed by atoms with Gasteiger partial charge in [0.15, 0.2) is 0 Å². The summed E-state index contributed by atoms with van der Waals surface area (Å²) < 4.78 is 0. The number of carbonyl (C=O) groups is 2. The van der Waals surface area contributed by atoms with Gasteiger partial charge < -0.3 is 10.6 Å². The van der Waals surface area contributed by atoms with Crippen LogP contribution in [0.4, 0.5) is 5.69 Å². The average Bonchev–Trinajstić information content (AvgIpc) is 2.75. The maximum atomic E-state index is 12.4. The van der Waals surface area contributed by atoms with Crippen molar-refractivity contribution >= 4 is 17.5 Å². The second-order valence-corrected chi connectivity index (χ2v) is 8.42. The van der Waals surface area contributed by atoms with Gasteiger partial charge in [0.05, 0.1) is 13.1 Å². The van der Waals surface area contributed by atoms with Gasteiger partial charge in [0, 0.05) is 38.4 Å². The summed E-state index contributed by atoms with van der Waals surface area (Å²) in [5.74, 6) is 0.836. The molecule has 6 nitrogen and oxygen atoms in total. The lowest BCUT2D eigenvalue weighted by atomic mass is 9.89. The normalized spacial score (nSPS) is 19.1. The monoisotopic (exact) mass is 400 g/mol. The van der Waals surface area contributed by atoms with Gasteiger partial charge in [-0.25, -0.2) is 0 Å². The maximum absolute atomic E-state index is 12.4. The van der Waals surface area contributed by atoms with Crippen molar-refractivity contribution in [3.63, 3.8) is 0 Å². The number of amides is 2. The van der Waals surface area contributed by atoms with Gasteiger partial charge >= 0.3 is 0 Å². The van der Waals surface area contributed by atoms with E-state index in [9.17, 15) is 9.59 Å². The Labute approximate surface area is 175 Å². The molecule has 1 aromatic rings. The van der Waals surface area contributed by atoms with Gasteiger partial charge in [-0.2, -0.15) is 0 Å². The van der Waals surface area contributed by atoms with Crippen LogP contribution >= 0.6 is 0 Å². The first-order valence-corrected chi connectivity index (χ1v) is 11.2. The molecule has 29 heavy (non-hydrogen) atoms. The Morgan fingerprint density at radius 2 is 1.55 bits per heavy atom. The summed E-state index contributed by atoms with van der Waals surface area (Å²) >= 11 is 0. The van der Waals surface area contributed by atoms with Crippen molar-refractivity contribution in [2.75, 3.05) is 51.1 Å². The van der Waals surface area contributed by atoms with Gasteiger partial charge in [0.25, 0.3) is 0 Å². The topological polar surface area (TPSA) is 64.7 Å². The van der Waals surface area contributed by atoms with Crippen LogP contribution < -0.4 is 10.6 Å². The lowest BCUT2D eigenvalue weighted by molar-refractivity contribution is -0.123. The zero-order chi connectivity index (χ0) is 20.5. The summed E-state index contributed by atoms with van der Waals surface area (Å²) in [6.07, 6.45) is 7.36. The van der Waals surface area contributed by atoms with Crippen molar-refractivity contribution < 1.29 is 9.59 Å². The van der Waals surface area contributed by atoms with Gasteiger partial charge in [-0.05, 0) is 36.8 Å². The first-order valence-electron chi connectivity index (χ1n) is 11.2. The third-order valence-electron chi connectivity index (χ3n) is 6.18. The quantitative estimate of drug-likeness (QED) is 0.704. The number of carbonyl (C=O) groups excluding carboxylic acids is 2. The van der Waals surface area contributed by atoms with Crippen molar-refractivity contribution in [2.45, 2.75) is 45.4 Å². The third-order valence-corrected chi connectivity index (χ3v) is 6.18. The fraction of sp³-hybridized carbons (Fsp3) is 0.652. The molecule has 1 aliphatic heterocycles. The van der Waals surface area contributed by atoms with Crippen molar-refractivity contribution in [3.05, 3.63) is 29.8 Å². The molecule has 2 amide bonds.